The molecule has 0 N–H and O–H groups in total. The Bertz CT molecular complexity index is 714. The molecule has 0 unspecified atom stereocenters. The maximum absolute atomic E-state index is 12.9. The van der Waals surface area contributed by atoms with Gasteiger partial charge in [0.25, 0.3) is 0 Å². The molecular weight excluding hydrogens is 322 g/mol. The van der Waals surface area contributed by atoms with Crippen molar-refractivity contribution >= 4 is 11.5 Å². The minimum Gasteiger partial charge on any atom is -0.302 e. The molecule has 1 aliphatic carbocycles. The maximum atomic E-state index is 12.9. The molecular formula is C22H31N3O. The van der Waals surface area contributed by atoms with Crippen molar-refractivity contribution in [3.05, 3.63) is 47.2 Å². The third-order valence-corrected chi connectivity index (χ3v) is 5.50. The molecule has 0 fully saturated rings. The molecule has 140 valence electrons. The van der Waals surface area contributed by atoms with Crippen LogP contribution >= 0.6 is 0 Å². The van der Waals surface area contributed by atoms with E-state index in [2.05, 4.69) is 49.7 Å². The first-order chi connectivity index (χ1) is 12.4. The van der Waals surface area contributed by atoms with Crippen LogP contribution in [-0.2, 0) is 4.79 Å². The van der Waals surface area contributed by atoms with E-state index in [1.807, 2.05) is 18.2 Å². The third kappa shape index (κ3) is 4.07. The number of ketones is 1. The van der Waals surface area contributed by atoms with Gasteiger partial charge in [-0.1, -0.05) is 58.0 Å². The van der Waals surface area contributed by atoms with E-state index in [0.29, 0.717) is 18.6 Å². The van der Waals surface area contributed by atoms with Gasteiger partial charge in [-0.05, 0) is 30.5 Å². The largest absolute Gasteiger partial charge is 0.302 e. The predicted molar refractivity (Wildman–Crippen MR) is 107 cm³/mol. The molecule has 2 aliphatic rings. The highest BCUT2D eigenvalue weighted by Crippen LogP contribution is 2.41. The highest BCUT2D eigenvalue weighted by atomic mass is 16.1. The average Bonchev–Trinajstić information content (AvgIpc) is 2.62. The molecule has 1 aromatic carbocycles. The summed E-state index contributed by atoms with van der Waals surface area (Å²) in [6, 6.07) is 10.3. The van der Waals surface area contributed by atoms with Crippen LogP contribution in [0.3, 0.4) is 0 Å². The van der Waals surface area contributed by atoms with E-state index in [1.165, 1.54) is 0 Å². The van der Waals surface area contributed by atoms with Gasteiger partial charge in [0, 0.05) is 30.7 Å². The quantitative estimate of drug-likeness (QED) is 0.773. The van der Waals surface area contributed by atoms with Gasteiger partial charge in [0.2, 0.25) is 0 Å². The van der Waals surface area contributed by atoms with Crippen LogP contribution in [-0.4, -0.2) is 47.6 Å². The number of nitrogens with zero attached hydrogens (tertiary/aromatic N) is 3. The lowest BCUT2D eigenvalue weighted by Gasteiger charge is -2.39. The molecule has 0 radical (unpaired) electrons. The average molecular weight is 354 g/mol. The van der Waals surface area contributed by atoms with Crippen molar-refractivity contribution in [3.63, 3.8) is 0 Å². The van der Waals surface area contributed by atoms with Crippen LogP contribution in [0.2, 0.25) is 0 Å². The molecule has 4 heteroatoms. The number of Topliss-reactive ketones (excluding diaryl/α,β-unsaturated/α-hetero) is 1. The summed E-state index contributed by atoms with van der Waals surface area (Å²) >= 11 is 0. The zero-order chi connectivity index (χ0) is 18.7. The lowest BCUT2D eigenvalue weighted by atomic mass is 9.74. The summed E-state index contributed by atoms with van der Waals surface area (Å²) < 4.78 is 0. The van der Waals surface area contributed by atoms with Gasteiger partial charge in [0.05, 0.1) is 12.3 Å². The van der Waals surface area contributed by atoms with Gasteiger partial charge in [-0.25, -0.2) is 0 Å². The minimum absolute atomic E-state index is 0.0170. The first-order valence-corrected chi connectivity index (χ1v) is 9.81. The topological polar surface area (TPSA) is 35.9 Å². The number of likely N-dealkylation sites (N-methyl/N-ethyl adjacent to an activating group) is 1. The van der Waals surface area contributed by atoms with Crippen molar-refractivity contribution in [3.8, 4) is 0 Å². The molecule has 3 rings (SSSR count). The van der Waals surface area contributed by atoms with Crippen LogP contribution in [0.4, 0.5) is 0 Å². The van der Waals surface area contributed by atoms with E-state index in [0.717, 1.165) is 55.1 Å². The molecule has 0 saturated carbocycles. The summed E-state index contributed by atoms with van der Waals surface area (Å²) in [5.74, 6) is 0.299. The molecule has 1 aliphatic heterocycles. The fraction of sp³-hybridized carbons (Fsp3) is 0.545. The first kappa shape index (κ1) is 18.8. The molecule has 0 aromatic heterocycles. The molecule has 0 amide bonds. The summed E-state index contributed by atoms with van der Waals surface area (Å²) in [7, 11) is 0. The third-order valence-electron chi connectivity index (χ3n) is 5.50. The second kappa shape index (κ2) is 7.75. The summed E-state index contributed by atoms with van der Waals surface area (Å²) in [6.07, 6.45) is 2.23. The van der Waals surface area contributed by atoms with E-state index in [1.54, 1.807) is 0 Å². The molecule has 4 nitrogen and oxygen atoms in total. The second-order valence-electron chi connectivity index (χ2n) is 8.11. The summed E-state index contributed by atoms with van der Waals surface area (Å²) in [5.41, 5.74) is 4.28. The zero-order valence-corrected chi connectivity index (χ0v) is 16.6. The van der Waals surface area contributed by atoms with Crippen molar-refractivity contribution in [2.45, 2.75) is 47.0 Å². The standard InChI is InChI=1S/C22H31N3O/c1-5-24(6-2)12-13-25-20-15-22(3,4)16-21(26)18(20)14-19(23-25)17-10-8-7-9-11-17/h7-11H,5-6,12-16H2,1-4H3. The fourth-order valence-corrected chi connectivity index (χ4v) is 3.93. The van der Waals surface area contributed by atoms with E-state index < -0.39 is 0 Å². The van der Waals surface area contributed by atoms with E-state index >= 15 is 0 Å². The first-order valence-electron chi connectivity index (χ1n) is 9.81. The van der Waals surface area contributed by atoms with Gasteiger partial charge in [-0.2, -0.15) is 5.10 Å². The van der Waals surface area contributed by atoms with Gasteiger partial charge >= 0.3 is 0 Å². The highest BCUT2D eigenvalue weighted by Gasteiger charge is 2.37. The van der Waals surface area contributed by atoms with E-state index in [4.69, 9.17) is 5.10 Å². The molecule has 1 aromatic rings. The van der Waals surface area contributed by atoms with Crippen LogP contribution in [0.15, 0.2) is 46.7 Å². The normalized spacial score (nSPS) is 19.7. The molecule has 0 bridgehead atoms. The van der Waals surface area contributed by atoms with Crippen LogP contribution in [0, 0.1) is 5.41 Å². The summed E-state index contributed by atoms with van der Waals surface area (Å²) in [5, 5.41) is 7.11. The van der Waals surface area contributed by atoms with E-state index in [9.17, 15) is 4.79 Å². The number of benzene rings is 1. The van der Waals surface area contributed by atoms with Crippen molar-refractivity contribution < 1.29 is 4.79 Å². The van der Waals surface area contributed by atoms with Crippen LogP contribution in [0.1, 0.15) is 52.5 Å². The number of allylic oxidation sites excluding steroid dienone is 2. The van der Waals surface area contributed by atoms with Crippen LogP contribution in [0.5, 0.6) is 0 Å². The van der Waals surface area contributed by atoms with Gasteiger partial charge < -0.3 is 4.90 Å². The number of carbonyl (C=O) groups is 1. The summed E-state index contributed by atoms with van der Waals surface area (Å²) in [4.78, 5) is 15.3. The SMILES string of the molecule is CCN(CC)CCN1N=C(c2ccccc2)CC2=C1CC(C)(C)CC2=O. The monoisotopic (exact) mass is 353 g/mol. The Labute approximate surface area is 157 Å². The van der Waals surface area contributed by atoms with Crippen molar-refractivity contribution in [2.24, 2.45) is 10.5 Å². The number of hydrazone groups is 1. The predicted octanol–water partition coefficient (Wildman–Crippen LogP) is 4.08. The van der Waals surface area contributed by atoms with E-state index in [-0.39, 0.29) is 5.41 Å². The lowest BCUT2D eigenvalue weighted by molar-refractivity contribution is -0.118. The molecule has 1 heterocycles. The van der Waals surface area contributed by atoms with Crippen LogP contribution in [0.25, 0.3) is 0 Å². The number of rotatable bonds is 6. The van der Waals surface area contributed by atoms with Crippen molar-refractivity contribution in [1.29, 1.82) is 0 Å². The summed E-state index contributed by atoms with van der Waals surface area (Å²) in [6.45, 7) is 12.6. The maximum Gasteiger partial charge on any atom is 0.161 e. The molecule has 26 heavy (non-hydrogen) atoms. The fourth-order valence-electron chi connectivity index (χ4n) is 3.93. The Hall–Kier alpha value is -1.94. The Morgan fingerprint density at radius 3 is 2.46 bits per heavy atom. The minimum atomic E-state index is 0.0170. The van der Waals surface area contributed by atoms with Gasteiger partial charge in [0.1, 0.15) is 0 Å². The molecule has 0 atom stereocenters. The van der Waals surface area contributed by atoms with Crippen molar-refractivity contribution in [2.75, 3.05) is 26.2 Å². The van der Waals surface area contributed by atoms with Gasteiger partial charge in [0.15, 0.2) is 5.78 Å². The Balaban J connectivity index is 1.92. The molecule has 0 spiro atoms. The molecule has 0 saturated heterocycles. The smallest absolute Gasteiger partial charge is 0.161 e. The number of hydrogen-bond donors (Lipinski definition) is 0. The van der Waals surface area contributed by atoms with Crippen molar-refractivity contribution in [1.82, 2.24) is 9.91 Å². The zero-order valence-electron chi connectivity index (χ0n) is 16.6. The van der Waals surface area contributed by atoms with Gasteiger partial charge in [-0.15, -0.1) is 0 Å². The Morgan fingerprint density at radius 2 is 1.81 bits per heavy atom. The Morgan fingerprint density at radius 1 is 1.12 bits per heavy atom. The lowest BCUT2D eigenvalue weighted by Crippen LogP contribution is -2.39. The number of carbonyl (C=O) groups excluding carboxylic acids is 1. The second-order valence-corrected chi connectivity index (χ2v) is 8.11. The number of hydrogen-bond acceptors (Lipinski definition) is 4. The Kier molecular flexibility index (Phi) is 5.61. The highest BCUT2D eigenvalue weighted by molar-refractivity contribution is 6.09. The van der Waals surface area contributed by atoms with Gasteiger partial charge in [-0.3, -0.25) is 9.80 Å². The van der Waals surface area contributed by atoms with Crippen LogP contribution < -0.4 is 0 Å².